The second kappa shape index (κ2) is 6.80. The Morgan fingerprint density at radius 1 is 1.44 bits per heavy atom. The van der Waals surface area contributed by atoms with Crippen molar-refractivity contribution in [1.82, 2.24) is 5.32 Å². The molecule has 0 aromatic rings. The maximum absolute atomic E-state index is 11.8. The lowest BCUT2D eigenvalue weighted by molar-refractivity contribution is -0.119. The van der Waals surface area contributed by atoms with Crippen molar-refractivity contribution in [3.05, 3.63) is 0 Å². The Morgan fingerprint density at radius 2 is 2.28 bits per heavy atom. The lowest BCUT2D eigenvalue weighted by Crippen LogP contribution is -2.41. The monoisotopic (exact) mass is 270 g/mol. The average Bonchev–Trinajstić information content (AvgIpc) is 2.96. The topological polar surface area (TPSA) is 55.1 Å². The van der Waals surface area contributed by atoms with Crippen molar-refractivity contribution in [2.24, 2.45) is 23.5 Å². The molecule has 0 aromatic carbocycles. The SMILES string of the molecule is CC(NC(=O)CSCCCN)C1CC2CCC1C2. The first kappa shape index (κ1) is 14.2. The van der Waals surface area contributed by atoms with Crippen LogP contribution in [0.15, 0.2) is 0 Å². The van der Waals surface area contributed by atoms with E-state index in [-0.39, 0.29) is 5.91 Å². The average molecular weight is 270 g/mol. The van der Waals surface area contributed by atoms with Gasteiger partial charge in [0, 0.05) is 6.04 Å². The summed E-state index contributed by atoms with van der Waals surface area (Å²) in [5, 5.41) is 3.19. The summed E-state index contributed by atoms with van der Waals surface area (Å²) in [4.78, 5) is 11.8. The van der Waals surface area contributed by atoms with Gasteiger partial charge in [0.05, 0.1) is 5.75 Å². The van der Waals surface area contributed by atoms with Gasteiger partial charge < -0.3 is 11.1 Å². The summed E-state index contributed by atoms with van der Waals surface area (Å²) >= 11 is 1.69. The largest absolute Gasteiger partial charge is 0.353 e. The van der Waals surface area contributed by atoms with E-state index in [0.717, 1.165) is 36.5 Å². The van der Waals surface area contributed by atoms with Crippen molar-refractivity contribution in [2.75, 3.05) is 18.1 Å². The van der Waals surface area contributed by atoms with Gasteiger partial charge in [0.1, 0.15) is 0 Å². The quantitative estimate of drug-likeness (QED) is 0.696. The third kappa shape index (κ3) is 3.64. The zero-order valence-electron chi connectivity index (χ0n) is 11.4. The molecule has 2 saturated carbocycles. The van der Waals surface area contributed by atoms with Crippen molar-refractivity contribution in [1.29, 1.82) is 0 Å². The fourth-order valence-electron chi connectivity index (χ4n) is 3.66. The first-order valence-corrected chi connectivity index (χ1v) is 8.43. The maximum atomic E-state index is 11.8. The van der Waals surface area contributed by atoms with Crippen molar-refractivity contribution < 1.29 is 4.79 Å². The minimum absolute atomic E-state index is 0.201. The summed E-state index contributed by atoms with van der Waals surface area (Å²) in [6, 6.07) is 0.364. The number of rotatable bonds is 7. The molecule has 0 aromatic heterocycles. The zero-order valence-corrected chi connectivity index (χ0v) is 12.2. The normalized spacial score (nSPS) is 31.6. The number of nitrogens with two attached hydrogens (primary N) is 1. The molecule has 3 N–H and O–H groups in total. The van der Waals surface area contributed by atoms with Crippen LogP contribution in [0, 0.1) is 17.8 Å². The number of hydrogen-bond acceptors (Lipinski definition) is 3. The third-order valence-electron chi connectivity index (χ3n) is 4.55. The molecule has 2 aliphatic carbocycles. The maximum Gasteiger partial charge on any atom is 0.230 e. The first-order chi connectivity index (χ1) is 8.70. The van der Waals surface area contributed by atoms with Crippen LogP contribution in [0.2, 0.25) is 0 Å². The van der Waals surface area contributed by atoms with Crippen LogP contribution >= 0.6 is 11.8 Å². The van der Waals surface area contributed by atoms with E-state index < -0.39 is 0 Å². The van der Waals surface area contributed by atoms with Crippen LogP contribution in [0.25, 0.3) is 0 Å². The highest BCUT2D eigenvalue weighted by molar-refractivity contribution is 7.99. The van der Waals surface area contributed by atoms with Crippen LogP contribution in [0.4, 0.5) is 0 Å². The molecular weight excluding hydrogens is 244 g/mol. The van der Waals surface area contributed by atoms with Crippen LogP contribution < -0.4 is 11.1 Å². The molecule has 0 saturated heterocycles. The molecule has 4 atom stereocenters. The first-order valence-electron chi connectivity index (χ1n) is 7.28. The van der Waals surface area contributed by atoms with Crippen molar-refractivity contribution in [3.8, 4) is 0 Å². The minimum Gasteiger partial charge on any atom is -0.353 e. The molecular formula is C14H26N2OS. The van der Waals surface area contributed by atoms with Crippen LogP contribution in [-0.2, 0) is 4.79 Å². The van der Waals surface area contributed by atoms with Gasteiger partial charge in [-0.05, 0) is 62.7 Å². The highest BCUT2D eigenvalue weighted by Crippen LogP contribution is 2.49. The summed E-state index contributed by atoms with van der Waals surface area (Å²) in [5.41, 5.74) is 5.43. The van der Waals surface area contributed by atoms with Gasteiger partial charge in [0.15, 0.2) is 0 Å². The molecule has 0 aliphatic heterocycles. The van der Waals surface area contributed by atoms with Gasteiger partial charge in [0.25, 0.3) is 0 Å². The minimum atomic E-state index is 0.201. The molecule has 2 rings (SSSR count). The van der Waals surface area contributed by atoms with Crippen LogP contribution in [0.1, 0.15) is 39.0 Å². The van der Waals surface area contributed by atoms with Gasteiger partial charge >= 0.3 is 0 Å². The molecule has 4 unspecified atom stereocenters. The van der Waals surface area contributed by atoms with Crippen molar-refractivity contribution in [2.45, 2.75) is 45.1 Å². The number of nitrogens with one attached hydrogen (secondary N) is 1. The summed E-state index contributed by atoms with van der Waals surface area (Å²) < 4.78 is 0. The number of amides is 1. The van der Waals surface area contributed by atoms with Gasteiger partial charge in [-0.2, -0.15) is 11.8 Å². The second-order valence-corrected chi connectivity index (χ2v) is 6.99. The van der Waals surface area contributed by atoms with E-state index in [1.54, 1.807) is 11.8 Å². The molecule has 0 spiro atoms. The Hall–Kier alpha value is -0.220. The van der Waals surface area contributed by atoms with E-state index in [1.165, 1.54) is 25.7 Å². The van der Waals surface area contributed by atoms with Gasteiger partial charge in [-0.1, -0.05) is 6.42 Å². The Bertz CT molecular complexity index is 285. The number of carbonyl (C=O) groups excluding carboxylic acids is 1. The van der Waals surface area contributed by atoms with E-state index in [9.17, 15) is 4.79 Å². The summed E-state index contributed by atoms with van der Waals surface area (Å²) in [5.74, 6) is 4.36. The number of fused-ring (bicyclic) bond motifs is 2. The van der Waals surface area contributed by atoms with Crippen molar-refractivity contribution in [3.63, 3.8) is 0 Å². The lowest BCUT2D eigenvalue weighted by Gasteiger charge is -2.28. The molecule has 0 heterocycles. The summed E-state index contributed by atoms with van der Waals surface area (Å²) in [6.07, 6.45) is 6.57. The molecule has 2 fully saturated rings. The predicted octanol–water partition coefficient (Wildman–Crippen LogP) is 2.01. The molecule has 4 heteroatoms. The van der Waals surface area contributed by atoms with Crippen LogP contribution in [-0.4, -0.2) is 30.0 Å². The van der Waals surface area contributed by atoms with E-state index in [1.807, 2.05) is 0 Å². The van der Waals surface area contributed by atoms with E-state index >= 15 is 0 Å². The summed E-state index contributed by atoms with van der Waals surface area (Å²) in [7, 11) is 0. The van der Waals surface area contributed by atoms with Gasteiger partial charge in [0.2, 0.25) is 5.91 Å². The van der Waals surface area contributed by atoms with Gasteiger partial charge in [-0.3, -0.25) is 4.79 Å². The zero-order chi connectivity index (χ0) is 13.0. The highest BCUT2D eigenvalue weighted by atomic mass is 32.2. The third-order valence-corrected chi connectivity index (χ3v) is 5.59. The van der Waals surface area contributed by atoms with E-state index in [2.05, 4.69) is 12.2 Å². The Kier molecular flexibility index (Phi) is 5.37. The van der Waals surface area contributed by atoms with Crippen LogP contribution in [0.5, 0.6) is 0 Å². The fraction of sp³-hybridized carbons (Fsp3) is 0.929. The highest BCUT2D eigenvalue weighted by Gasteiger charge is 2.41. The Balaban J connectivity index is 1.64. The molecule has 3 nitrogen and oxygen atoms in total. The van der Waals surface area contributed by atoms with E-state index in [4.69, 9.17) is 5.73 Å². The predicted molar refractivity (Wildman–Crippen MR) is 77.5 cm³/mol. The fourth-order valence-corrected chi connectivity index (χ4v) is 4.44. The Morgan fingerprint density at radius 3 is 2.89 bits per heavy atom. The number of hydrogen-bond donors (Lipinski definition) is 2. The molecule has 2 aliphatic rings. The smallest absolute Gasteiger partial charge is 0.230 e. The van der Waals surface area contributed by atoms with Crippen molar-refractivity contribution >= 4 is 17.7 Å². The number of thioether (sulfide) groups is 1. The van der Waals surface area contributed by atoms with Crippen LogP contribution in [0.3, 0.4) is 0 Å². The molecule has 0 radical (unpaired) electrons. The Labute approximate surface area is 115 Å². The molecule has 104 valence electrons. The van der Waals surface area contributed by atoms with E-state index in [0.29, 0.717) is 11.8 Å². The van der Waals surface area contributed by atoms with Gasteiger partial charge in [-0.15, -0.1) is 0 Å². The second-order valence-electron chi connectivity index (χ2n) is 5.89. The molecule has 1 amide bonds. The molecule has 18 heavy (non-hydrogen) atoms. The number of carbonyl (C=O) groups is 1. The lowest BCUT2D eigenvalue weighted by atomic mass is 9.84. The molecule has 2 bridgehead atoms. The standard InChI is InChI=1S/C14H26N2OS/c1-10(13-8-11-3-4-12(13)7-11)16-14(17)9-18-6-2-5-15/h10-13H,2-9,15H2,1H3,(H,16,17). The summed E-state index contributed by atoms with van der Waals surface area (Å²) in [6.45, 7) is 2.91. The van der Waals surface area contributed by atoms with Gasteiger partial charge in [-0.25, -0.2) is 0 Å².